The molecule has 0 spiro atoms. The Morgan fingerprint density at radius 2 is 1.96 bits per heavy atom. The van der Waals surface area contributed by atoms with Crippen LogP contribution in [0.2, 0.25) is 0 Å². The number of nitrogens with zero attached hydrogens (tertiary/aromatic N) is 5. The minimum absolute atomic E-state index is 0.0424. The minimum atomic E-state index is -0.0424. The molecule has 0 amide bonds. The number of aromatic nitrogens is 2. The van der Waals surface area contributed by atoms with Crippen LogP contribution in [0.1, 0.15) is 5.56 Å². The molecular weight excluding hydrogens is 294 g/mol. The molecule has 9 heteroatoms. The lowest BCUT2D eigenvalue weighted by Crippen LogP contribution is -2.47. The summed E-state index contributed by atoms with van der Waals surface area (Å²) in [5.74, 6) is 0.460. The molecule has 120 valence electrons. The van der Waals surface area contributed by atoms with E-state index >= 15 is 0 Å². The summed E-state index contributed by atoms with van der Waals surface area (Å²) in [5, 5.41) is 19.3. The second kappa shape index (κ2) is 5.76. The van der Waals surface area contributed by atoms with Gasteiger partial charge >= 0.3 is 0 Å². The molecule has 5 N–H and O–H groups in total. The molecule has 1 aliphatic heterocycles. The van der Waals surface area contributed by atoms with Crippen molar-refractivity contribution in [2.75, 3.05) is 38.1 Å². The number of fused-ring (bicyclic) bond motifs is 1. The zero-order valence-electron chi connectivity index (χ0n) is 12.9. The summed E-state index contributed by atoms with van der Waals surface area (Å²) in [6, 6.07) is 5.05. The maximum absolute atomic E-state index is 8.32. The SMILES string of the molecule is CN1CCN(c2nc3cc(C(=N)N)ccc3n(N=N)c2=N)CC1. The Morgan fingerprint density at radius 3 is 2.57 bits per heavy atom. The van der Waals surface area contributed by atoms with Crippen LogP contribution >= 0.6 is 0 Å². The predicted octanol–water partition coefficient (Wildman–Crippen LogP) is 0.346. The molecule has 0 atom stereocenters. The van der Waals surface area contributed by atoms with Crippen molar-refractivity contribution in [2.45, 2.75) is 0 Å². The van der Waals surface area contributed by atoms with Gasteiger partial charge in [0.1, 0.15) is 5.84 Å². The highest BCUT2D eigenvalue weighted by molar-refractivity contribution is 5.98. The Labute approximate surface area is 132 Å². The summed E-state index contributed by atoms with van der Waals surface area (Å²) >= 11 is 0. The van der Waals surface area contributed by atoms with Crippen molar-refractivity contribution in [3.8, 4) is 0 Å². The molecule has 1 aromatic heterocycles. The van der Waals surface area contributed by atoms with Gasteiger partial charge in [-0.05, 0) is 25.2 Å². The smallest absolute Gasteiger partial charge is 0.191 e. The third kappa shape index (κ3) is 2.66. The van der Waals surface area contributed by atoms with Gasteiger partial charge in [0.2, 0.25) is 0 Å². The summed E-state index contributed by atoms with van der Waals surface area (Å²) in [7, 11) is 2.06. The molecule has 1 aromatic carbocycles. The van der Waals surface area contributed by atoms with E-state index in [0.717, 1.165) is 26.2 Å². The molecule has 3 rings (SSSR count). The second-order valence-corrected chi connectivity index (χ2v) is 5.60. The highest BCUT2D eigenvalue weighted by Crippen LogP contribution is 2.17. The van der Waals surface area contributed by atoms with Crippen LogP contribution in [0, 0.1) is 16.3 Å². The van der Waals surface area contributed by atoms with E-state index in [0.29, 0.717) is 22.4 Å². The summed E-state index contributed by atoms with van der Waals surface area (Å²) in [6.45, 7) is 3.33. The molecule has 0 radical (unpaired) electrons. The lowest BCUT2D eigenvalue weighted by atomic mass is 10.2. The Balaban J connectivity index is 2.17. The van der Waals surface area contributed by atoms with Crippen LogP contribution in [0.25, 0.3) is 11.0 Å². The Kier molecular flexibility index (Phi) is 3.78. The van der Waals surface area contributed by atoms with Crippen molar-refractivity contribution in [3.05, 3.63) is 29.3 Å². The van der Waals surface area contributed by atoms with Crippen LogP contribution < -0.4 is 16.1 Å². The maximum atomic E-state index is 8.32. The van der Waals surface area contributed by atoms with Crippen molar-refractivity contribution < 1.29 is 0 Å². The highest BCUT2D eigenvalue weighted by atomic mass is 15.4. The highest BCUT2D eigenvalue weighted by Gasteiger charge is 2.19. The van der Waals surface area contributed by atoms with Gasteiger partial charge in [0.25, 0.3) is 0 Å². The zero-order valence-corrected chi connectivity index (χ0v) is 12.9. The summed E-state index contributed by atoms with van der Waals surface area (Å²) in [5.41, 5.74) is 14.7. The predicted molar refractivity (Wildman–Crippen MR) is 86.9 cm³/mol. The Morgan fingerprint density at radius 1 is 1.26 bits per heavy atom. The van der Waals surface area contributed by atoms with E-state index in [1.807, 2.05) is 4.90 Å². The quantitative estimate of drug-likeness (QED) is 0.369. The number of hydrogen-bond donors (Lipinski definition) is 4. The molecule has 23 heavy (non-hydrogen) atoms. The maximum Gasteiger partial charge on any atom is 0.191 e. The number of nitrogens with two attached hydrogens (primary N) is 1. The van der Waals surface area contributed by atoms with Gasteiger partial charge in [-0.1, -0.05) is 5.22 Å². The minimum Gasteiger partial charge on any atom is -0.384 e. The molecule has 1 saturated heterocycles. The van der Waals surface area contributed by atoms with E-state index in [-0.39, 0.29) is 11.3 Å². The molecule has 0 bridgehead atoms. The first-order chi connectivity index (χ1) is 11.0. The fourth-order valence-corrected chi connectivity index (χ4v) is 2.68. The molecule has 9 nitrogen and oxygen atoms in total. The van der Waals surface area contributed by atoms with Crippen molar-refractivity contribution in [3.63, 3.8) is 0 Å². The Hall–Kier alpha value is -2.81. The number of piperazine rings is 1. The fourth-order valence-electron chi connectivity index (χ4n) is 2.68. The standard InChI is InChI=1S/C14H19N9/c1-21-4-6-22(7-5-21)14-13(17)23(20-18)11-3-2-9(12(15)16)8-10(11)19-14/h2-3,8,17-18H,4-7H2,1H3,(H3,15,16). The molecule has 0 saturated carbocycles. The molecule has 0 aliphatic carbocycles. The number of benzene rings is 1. The fraction of sp³-hybridized carbons (Fsp3) is 0.357. The number of rotatable bonds is 3. The monoisotopic (exact) mass is 313 g/mol. The van der Waals surface area contributed by atoms with Gasteiger partial charge in [-0.2, -0.15) is 10.2 Å². The van der Waals surface area contributed by atoms with Gasteiger partial charge < -0.3 is 15.5 Å². The van der Waals surface area contributed by atoms with Crippen molar-refractivity contribution in [2.24, 2.45) is 11.0 Å². The average molecular weight is 313 g/mol. The lowest BCUT2D eigenvalue weighted by Gasteiger charge is -2.33. The van der Waals surface area contributed by atoms with Crippen molar-refractivity contribution in [1.82, 2.24) is 14.6 Å². The van der Waals surface area contributed by atoms with E-state index in [1.165, 1.54) is 4.68 Å². The van der Waals surface area contributed by atoms with Crippen LogP contribution in [0.4, 0.5) is 5.82 Å². The van der Waals surface area contributed by atoms with Gasteiger partial charge in [0.05, 0.1) is 11.0 Å². The van der Waals surface area contributed by atoms with E-state index in [9.17, 15) is 0 Å². The summed E-state index contributed by atoms with van der Waals surface area (Å²) in [4.78, 5) is 8.83. The topological polar surface area (TPSA) is 134 Å². The van der Waals surface area contributed by atoms with Crippen LogP contribution in [0.5, 0.6) is 0 Å². The molecule has 0 unspecified atom stereocenters. The van der Waals surface area contributed by atoms with Crippen molar-refractivity contribution in [1.29, 1.82) is 16.3 Å². The number of amidine groups is 1. The number of anilines is 1. The first-order valence-electron chi connectivity index (χ1n) is 7.28. The third-order valence-electron chi connectivity index (χ3n) is 4.07. The third-order valence-corrected chi connectivity index (χ3v) is 4.07. The van der Waals surface area contributed by atoms with E-state index in [4.69, 9.17) is 22.1 Å². The van der Waals surface area contributed by atoms with Gasteiger partial charge in [-0.3, -0.25) is 10.8 Å². The first kappa shape index (κ1) is 15.1. The molecule has 1 fully saturated rings. The summed E-state index contributed by atoms with van der Waals surface area (Å²) in [6.07, 6.45) is 0. The average Bonchev–Trinajstić information content (AvgIpc) is 2.54. The van der Waals surface area contributed by atoms with Crippen LogP contribution in [-0.2, 0) is 0 Å². The molecule has 2 heterocycles. The van der Waals surface area contributed by atoms with E-state index in [1.54, 1.807) is 18.2 Å². The van der Waals surface area contributed by atoms with Gasteiger partial charge in [-0.25, -0.2) is 4.98 Å². The zero-order chi connectivity index (χ0) is 16.6. The van der Waals surface area contributed by atoms with Crippen LogP contribution in [-0.4, -0.2) is 53.6 Å². The van der Waals surface area contributed by atoms with E-state index in [2.05, 4.69) is 22.2 Å². The van der Waals surface area contributed by atoms with Crippen molar-refractivity contribution >= 4 is 22.7 Å². The van der Waals surface area contributed by atoms with E-state index < -0.39 is 0 Å². The van der Waals surface area contributed by atoms with Gasteiger partial charge in [0, 0.05) is 31.7 Å². The van der Waals surface area contributed by atoms with Gasteiger partial charge in [-0.15, -0.1) is 0 Å². The number of nitrogens with one attached hydrogen (secondary N) is 3. The van der Waals surface area contributed by atoms with Crippen LogP contribution in [0.15, 0.2) is 23.4 Å². The molecule has 2 aromatic rings. The first-order valence-corrected chi connectivity index (χ1v) is 7.28. The largest absolute Gasteiger partial charge is 0.384 e. The Bertz CT molecular complexity index is 830. The van der Waals surface area contributed by atoms with Crippen LogP contribution in [0.3, 0.4) is 0 Å². The lowest BCUT2D eigenvalue weighted by molar-refractivity contribution is 0.311. The molecule has 1 aliphatic rings. The second-order valence-electron chi connectivity index (χ2n) is 5.60. The normalized spacial score (nSPS) is 15.8. The number of likely N-dealkylation sites (N-methyl/N-ethyl adjacent to an activating group) is 1. The number of nitrogen functional groups attached to an aromatic ring is 1. The number of hydrogen-bond acceptors (Lipinski definition) is 7. The summed E-state index contributed by atoms with van der Waals surface area (Å²) < 4.78 is 1.25. The molecular formula is C14H19N9. The van der Waals surface area contributed by atoms with Gasteiger partial charge in [0.15, 0.2) is 11.3 Å².